The summed E-state index contributed by atoms with van der Waals surface area (Å²) in [6, 6.07) is 16.5. The molecule has 0 fully saturated rings. The quantitative estimate of drug-likeness (QED) is 0.771. The van der Waals surface area contributed by atoms with Gasteiger partial charge in [0.1, 0.15) is 5.75 Å². The molecule has 0 saturated carbocycles. The van der Waals surface area contributed by atoms with Gasteiger partial charge in [-0.1, -0.05) is 32.0 Å². The van der Waals surface area contributed by atoms with Crippen molar-refractivity contribution in [2.24, 2.45) is 5.92 Å². The molecule has 5 heteroatoms. The number of carbonyl (C=O) groups is 1. The number of nitrogens with one attached hydrogen (secondary N) is 2. The average Bonchev–Trinajstić information content (AvgIpc) is 2.56. The van der Waals surface area contributed by atoms with E-state index in [0.717, 1.165) is 17.9 Å². The van der Waals surface area contributed by atoms with Crippen molar-refractivity contribution in [2.45, 2.75) is 20.3 Å². The van der Waals surface area contributed by atoms with Gasteiger partial charge in [0, 0.05) is 11.3 Å². The van der Waals surface area contributed by atoms with E-state index in [9.17, 15) is 4.79 Å². The van der Waals surface area contributed by atoms with Gasteiger partial charge in [-0.15, -0.1) is 0 Å². The maximum atomic E-state index is 12.2. The predicted molar refractivity (Wildman–Crippen MR) is 102 cm³/mol. The molecular weight excluding hydrogens is 320 g/mol. The van der Waals surface area contributed by atoms with Crippen LogP contribution in [0, 0.1) is 5.92 Å². The minimum Gasteiger partial charge on any atom is -0.494 e. The van der Waals surface area contributed by atoms with Crippen molar-refractivity contribution in [3.05, 3.63) is 60.2 Å². The number of ether oxygens (including phenoxy) is 1. The molecule has 0 heterocycles. The molecule has 2 N–H and O–H groups in total. The van der Waals surface area contributed by atoms with E-state index in [1.54, 1.807) is 24.3 Å². The van der Waals surface area contributed by atoms with Crippen molar-refractivity contribution < 1.29 is 9.53 Å². The van der Waals surface area contributed by atoms with Gasteiger partial charge in [-0.25, -0.2) is 0 Å². The van der Waals surface area contributed by atoms with Crippen molar-refractivity contribution in [3.8, 4) is 5.75 Å². The Hall–Kier alpha value is -2.40. The van der Waals surface area contributed by atoms with Gasteiger partial charge in [-0.05, 0) is 61.0 Å². The fourth-order valence-electron chi connectivity index (χ4n) is 1.97. The minimum absolute atomic E-state index is 0.253. The van der Waals surface area contributed by atoms with Gasteiger partial charge >= 0.3 is 0 Å². The number of amides is 1. The number of benzene rings is 2. The second kappa shape index (κ2) is 9.03. The van der Waals surface area contributed by atoms with E-state index in [0.29, 0.717) is 18.1 Å². The Morgan fingerprint density at radius 1 is 1.08 bits per heavy atom. The van der Waals surface area contributed by atoms with Crippen LogP contribution in [0.25, 0.3) is 0 Å². The first-order chi connectivity index (χ1) is 11.5. The molecule has 0 saturated heterocycles. The Kier molecular flexibility index (Phi) is 6.75. The fourth-order valence-corrected chi connectivity index (χ4v) is 2.18. The number of hydrogen-bond acceptors (Lipinski definition) is 3. The van der Waals surface area contributed by atoms with E-state index in [1.807, 2.05) is 30.3 Å². The predicted octanol–water partition coefficient (Wildman–Crippen LogP) is 4.24. The Morgan fingerprint density at radius 2 is 1.75 bits per heavy atom. The summed E-state index contributed by atoms with van der Waals surface area (Å²) < 4.78 is 5.64. The second-order valence-corrected chi connectivity index (χ2v) is 6.24. The SMILES string of the molecule is CC(C)CCOc1ccc(C(=O)NC(=S)Nc2ccccc2)cc1. The first kappa shape index (κ1) is 17.9. The highest BCUT2D eigenvalue weighted by molar-refractivity contribution is 7.80. The van der Waals surface area contributed by atoms with E-state index in [-0.39, 0.29) is 11.0 Å². The van der Waals surface area contributed by atoms with E-state index in [4.69, 9.17) is 17.0 Å². The summed E-state index contributed by atoms with van der Waals surface area (Å²) in [4.78, 5) is 12.2. The van der Waals surface area contributed by atoms with Crippen molar-refractivity contribution >= 4 is 28.9 Å². The second-order valence-electron chi connectivity index (χ2n) is 5.83. The van der Waals surface area contributed by atoms with Gasteiger partial charge in [0.15, 0.2) is 5.11 Å². The Bertz CT molecular complexity index is 670. The maximum absolute atomic E-state index is 12.2. The van der Waals surface area contributed by atoms with Gasteiger partial charge in [0.2, 0.25) is 0 Å². The van der Waals surface area contributed by atoms with E-state index < -0.39 is 0 Å². The Morgan fingerprint density at radius 3 is 2.38 bits per heavy atom. The summed E-state index contributed by atoms with van der Waals surface area (Å²) in [7, 11) is 0. The molecule has 0 aliphatic carbocycles. The molecule has 0 atom stereocenters. The van der Waals surface area contributed by atoms with Crippen LogP contribution in [-0.4, -0.2) is 17.6 Å². The molecule has 0 radical (unpaired) electrons. The summed E-state index contributed by atoms with van der Waals surface area (Å²) in [5, 5.41) is 5.90. The molecule has 2 aromatic carbocycles. The van der Waals surface area contributed by atoms with Gasteiger partial charge in [-0.3, -0.25) is 10.1 Å². The van der Waals surface area contributed by atoms with Crippen LogP contribution in [0.2, 0.25) is 0 Å². The van der Waals surface area contributed by atoms with Crippen LogP contribution in [0.4, 0.5) is 5.69 Å². The van der Waals surface area contributed by atoms with Crippen molar-refractivity contribution in [2.75, 3.05) is 11.9 Å². The normalized spacial score (nSPS) is 10.3. The lowest BCUT2D eigenvalue weighted by atomic mass is 10.1. The number of carbonyl (C=O) groups excluding carboxylic acids is 1. The van der Waals surface area contributed by atoms with Crippen LogP contribution in [0.5, 0.6) is 5.75 Å². The maximum Gasteiger partial charge on any atom is 0.257 e. The topological polar surface area (TPSA) is 50.4 Å². The lowest BCUT2D eigenvalue weighted by Crippen LogP contribution is -2.34. The molecule has 126 valence electrons. The van der Waals surface area contributed by atoms with E-state index >= 15 is 0 Å². The number of thiocarbonyl (C=S) groups is 1. The summed E-state index contributed by atoms with van der Waals surface area (Å²) in [5.74, 6) is 1.11. The minimum atomic E-state index is -0.253. The zero-order chi connectivity index (χ0) is 17.4. The molecule has 0 aromatic heterocycles. The third kappa shape index (κ3) is 6.01. The standard InChI is InChI=1S/C19H22N2O2S/c1-14(2)12-13-23-17-10-8-15(9-11-17)18(22)21-19(24)20-16-6-4-3-5-7-16/h3-11,14H,12-13H2,1-2H3,(H2,20,21,22,24). The summed E-state index contributed by atoms with van der Waals surface area (Å²) in [6.45, 7) is 4.99. The molecule has 0 spiro atoms. The lowest BCUT2D eigenvalue weighted by Gasteiger charge is -2.10. The van der Waals surface area contributed by atoms with Gasteiger partial charge in [0.05, 0.1) is 6.61 Å². The molecular formula is C19H22N2O2S. The van der Waals surface area contributed by atoms with E-state index in [2.05, 4.69) is 24.5 Å². The molecule has 4 nitrogen and oxygen atoms in total. The van der Waals surface area contributed by atoms with Crippen molar-refractivity contribution in [1.29, 1.82) is 0 Å². The monoisotopic (exact) mass is 342 g/mol. The number of para-hydroxylation sites is 1. The third-order valence-corrected chi connectivity index (χ3v) is 3.54. The van der Waals surface area contributed by atoms with Crippen LogP contribution in [-0.2, 0) is 0 Å². The molecule has 0 aliphatic rings. The molecule has 2 aromatic rings. The molecule has 2 rings (SSSR count). The first-order valence-electron chi connectivity index (χ1n) is 7.95. The summed E-state index contributed by atoms with van der Waals surface area (Å²) in [6.07, 6.45) is 1.00. The Labute approximate surface area is 148 Å². The highest BCUT2D eigenvalue weighted by Gasteiger charge is 2.08. The van der Waals surface area contributed by atoms with Gasteiger partial charge < -0.3 is 10.1 Å². The zero-order valence-electron chi connectivity index (χ0n) is 13.9. The number of anilines is 1. The first-order valence-corrected chi connectivity index (χ1v) is 8.35. The van der Waals surface area contributed by atoms with Crippen LogP contribution in [0.3, 0.4) is 0 Å². The smallest absolute Gasteiger partial charge is 0.257 e. The third-order valence-electron chi connectivity index (χ3n) is 3.34. The molecule has 24 heavy (non-hydrogen) atoms. The van der Waals surface area contributed by atoms with Crippen molar-refractivity contribution in [1.82, 2.24) is 5.32 Å². The van der Waals surface area contributed by atoms with Crippen LogP contribution in [0.1, 0.15) is 30.6 Å². The van der Waals surface area contributed by atoms with Gasteiger partial charge in [-0.2, -0.15) is 0 Å². The van der Waals surface area contributed by atoms with Crippen LogP contribution < -0.4 is 15.4 Å². The zero-order valence-corrected chi connectivity index (χ0v) is 14.7. The fraction of sp³-hybridized carbons (Fsp3) is 0.263. The molecule has 0 aliphatic heterocycles. The largest absolute Gasteiger partial charge is 0.494 e. The highest BCUT2D eigenvalue weighted by Crippen LogP contribution is 2.13. The Balaban J connectivity index is 1.84. The highest BCUT2D eigenvalue weighted by atomic mass is 32.1. The van der Waals surface area contributed by atoms with Crippen LogP contribution in [0.15, 0.2) is 54.6 Å². The number of rotatable bonds is 6. The summed E-state index contributed by atoms with van der Waals surface area (Å²) >= 11 is 5.15. The molecule has 0 bridgehead atoms. The summed E-state index contributed by atoms with van der Waals surface area (Å²) in [5.41, 5.74) is 1.36. The molecule has 0 unspecified atom stereocenters. The lowest BCUT2D eigenvalue weighted by molar-refractivity contribution is 0.0977. The average molecular weight is 342 g/mol. The molecule has 1 amide bonds. The number of hydrogen-bond donors (Lipinski definition) is 2. The van der Waals surface area contributed by atoms with E-state index in [1.165, 1.54) is 0 Å². The van der Waals surface area contributed by atoms with Gasteiger partial charge in [0.25, 0.3) is 5.91 Å². The van der Waals surface area contributed by atoms with Crippen molar-refractivity contribution in [3.63, 3.8) is 0 Å². The van der Waals surface area contributed by atoms with Crippen LogP contribution >= 0.6 is 12.2 Å².